The molecular formula is C12H20N2O5. The zero-order valence-electron chi connectivity index (χ0n) is 11.3. The summed E-state index contributed by atoms with van der Waals surface area (Å²) in [7, 11) is 1.56. The average molecular weight is 272 g/mol. The summed E-state index contributed by atoms with van der Waals surface area (Å²) in [6.45, 7) is 3.12. The Kier molecular flexibility index (Phi) is 6.27. The summed E-state index contributed by atoms with van der Waals surface area (Å²) in [6, 6.07) is 0. The molecule has 1 atom stereocenters. The van der Waals surface area contributed by atoms with Crippen LogP contribution < -0.4 is 5.32 Å². The van der Waals surface area contributed by atoms with Crippen molar-refractivity contribution in [1.82, 2.24) is 10.2 Å². The third-order valence-electron chi connectivity index (χ3n) is 2.86. The first-order valence-corrected chi connectivity index (χ1v) is 6.28. The van der Waals surface area contributed by atoms with E-state index in [0.29, 0.717) is 19.7 Å². The van der Waals surface area contributed by atoms with Crippen molar-refractivity contribution in [2.24, 2.45) is 5.92 Å². The number of amides is 2. The second kappa shape index (κ2) is 7.73. The molecule has 108 valence electrons. The quantitative estimate of drug-likeness (QED) is 0.611. The van der Waals surface area contributed by atoms with Crippen LogP contribution in [0.5, 0.6) is 0 Å². The second-order valence-electron chi connectivity index (χ2n) is 4.26. The molecule has 1 fully saturated rings. The topological polar surface area (TPSA) is 84.9 Å². The highest BCUT2D eigenvalue weighted by Gasteiger charge is 2.33. The maximum atomic E-state index is 11.8. The van der Waals surface area contributed by atoms with Crippen LogP contribution in [0.1, 0.15) is 13.3 Å². The van der Waals surface area contributed by atoms with Gasteiger partial charge in [0.15, 0.2) is 0 Å². The van der Waals surface area contributed by atoms with Crippen molar-refractivity contribution in [2.45, 2.75) is 13.3 Å². The number of carbonyl (C=O) groups is 3. The first-order chi connectivity index (χ1) is 9.08. The minimum absolute atomic E-state index is 0.0617. The van der Waals surface area contributed by atoms with Crippen molar-refractivity contribution in [3.05, 3.63) is 0 Å². The molecule has 2 amide bonds. The van der Waals surface area contributed by atoms with E-state index < -0.39 is 11.9 Å². The summed E-state index contributed by atoms with van der Waals surface area (Å²) in [4.78, 5) is 36.1. The van der Waals surface area contributed by atoms with Crippen LogP contribution in [0.25, 0.3) is 0 Å². The van der Waals surface area contributed by atoms with Gasteiger partial charge in [0.1, 0.15) is 6.54 Å². The van der Waals surface area contributed by atoms with Crippen LogP contribution in [0.15, 0.2) is 0 Å². The van der Waals surface area contributed by atoms with Gasteiger partial charge in [0, 0.05) is 26.6 Å². The Morgan fingerprint density at radius 2 is 2.21 bits per heavy atom. The fraction of sp³-hybridized carbons (Fsp3) is 0.750. The van der Waals surface area contributed by atoms with Gasteiger partial charge in [0.2, 0.25) is 11.8 Å². The summed E-state index contributed by atoms with van der Waals surface area (Å²) in [5, 5.41) is 2.48. The van der Waals surface area contributed by atoms with Gasteiger partial charge in [-0.25, -0.2) is 0 Å². The van der Waals surface area contributed by atoms with E-state index in [1.165, 1.54) is 0 Å². The molecule has 0 spiro atoms. The maximum Gasteiger partial charge on any atom is 0.325 e. The van der Waals surface area contributed by atoms with E-state index in [4.69, 9.17) is 9.47 Å². The Balaban J connectivity index is 2.34. The van der Waals surface area contributed by atoms with E-state index in [9.17, 15) is 14.4 Å². The molecule has 7 heteroatoms. The first-order valence-electron chi connectivity index (χ1n) is 6.28. The van der Waals surface area contributed by atoms with E-state index >= 15 is 0 Å². The number of likely N-dealkylation sites (tertiary alicyclic amines) is 1. The lowest BCUT2D eigenvalue weighted by Crippen LogP contribution is -2.37. The Hall–Kier alpha value is -1.63. The lowest BCUT2D eigenvalue weighted by molar-refractivity contribution is -0.143. The molecule has 0 aromatic rings. The number of methoxy groups -OCH3 is 1. The molecule has 19 heavy (non-hydrogen) atoms. The molecule has 0 radical (unpaired) electrons. The number of nitrogens with one attached hydrogen (secondary N) is 1. The second-order valence-corrected chi connectivity index (χ2v) is 4.26. The van der Waals surface area contributed by atoms with E-state index in [2.05, 4.69) is 5.32 Å². The number of ether oxygens (including phenoxy) is 2. The Morgan fingerprint density at radius 1 is 1.47 bits per heavy atom. The summed E-state index contributed by atoms with van der Waals surface area (Å²) in [5.41, 5.74) is 0. The van der Waals surface area contributed by atoms with Crippen LogP contribution in [0.4, 0.5) is 0 Å². The SMILES string of the molecule is CCOC(=O)CNC(=O)C1CC(=O)N(CCOC)C1. The fourth-order valence-corrected chi connectivity index (χ4v) is 1.88. The third kappa shape index (κ3) is 4.86. The van der Waals surface area contributed by atoms with E-state index in [-0.39, 0.29) is 31.4 Å². The summed E-state index contributed by atoms with van der Waals surface area (Å²) in [5.74, 6) is -1.23. The minimum Gasteiger partial charge on any atom is -0.465 e. The standard InChI is InChI=1S/C12H20N2O5/c1-3-19-11(16)7-13-12(17)9-6-10(15)14(8-9)4-5-18-2/h9H,3-8H2,1-2H3,(H,13,17). The largest absolute Gasteiger partial charge is 0.465 e. The monoisotopic (exact) mass is 272 g/mol. The number of rotatable bonds is 7. The zero-order valence-corrected chi connectivity index (χ0v) is 11.3. The lowest BCUT2D eigenvalue weighted by atomic mass is 10.1. The van der Waals surface area contributed by atoms with Gasteiger partial charge in [0.05, 0.1) is 19.1 Å². The van der Waals surface area contributed by atoms with Crippen LogP contribution in [0.2, 0.25) is 0 Å². The van der Waals surface area contributed by atoms with Crippen LogP contribution in [0.3, 0.4) is 0 Å². The van der Waals surface area contributed by atoms with E-state index in [0.717, 1.165) is 0 Å². The number of nitrogens with zero attached hydrogens (tertiary/aromatic N) is 1. The Bertz CT molecular complexity index is 345. The molecule has 0 aromatic carbocycles. The molecule has 0 aliphatic carbocycles. The Labute approximate surface area is 112 Å². The maximum absolute atomic E-state index is 11.8. The zero-order chi connectivity index (χ0) is 14.3. The van der Waals surface area contributed by atoms with Gasteiger partial charge in [-0.2, -0.15) is 0 Å². The molecule has 1 heterocycles. The molecule has 1 N–H and O–H groups in total. The number of hydrogen-bond acceptors (Lipinski definition) is 5. The molecule has 1 aliphatic rings. The molecule has 1 rings (SSSR count). The average Bonchev–Trinajstić information content (AvgIpc) is 2.75. The fourth-order valence-electron chi connectivity index (χ4n) is 1.88. The third-order valence-corrected chi connectivity index (χ3v) is 2.86. The van der Waals surface area contributed by atoms with Crippen molar-refractivity contribution in [3.63, 3.8) is 0 Å². The smallest absolute Gasteiger partial charge is 0.325 e. The van der Waals surface area contributed by atoms with Crippen molar-refractivity contribution in [1.29, 1.82) is 0 Å². The summed E-state index contributed by atoms with van der Waals surface area (Å²) < 4.78 is 9.60. The number of hydrogen-bond donors (Lipinski definition) is 1. The van der Waals surface area contributed by atoms with Crippen molar-refractivity contribution in [3.8, 4) is 0 Å². The van der Waals surface area contributed by atoms with Gasteiger partial charge in [-0.3, -0.25) is 14.4 Å². The van der Waals surface area contributed by atoms with Crippen LogP contribution in [-0.2, 0) is 23.9 Å². The highest BCUT2D eigenvalue weighted by Crippen LogP contribution is 2.17. The summed E-state index contributed by atoms with van der Waals surface area (Å²) in [6.07, 6.45) is 0.179. The predicted octanol–water partition coefficient (Wildman–Crippen LogP) is -0.839. The number of carbonyl (C=O) groups excluding carboxylic acids is 3. The van der Waals surface area contributed by atoms with Crippen molar-refractivity contribution >= 4 is 17.8 Å². The molecule has 0 saturated carbocycles. The number of esters is 1. The molecule has 0 bridgehead atoms. The van der Waals surface area contributed by atoms with Gasteiger partial charge in [0.25, 0.3) is 0 Å². The molecule has 1 aliphatic heterocycles. The molecular weight excluding hydrogens is 252 g/mol. The molecule has 1 unspecified atom stereocenters. The normalized spacial score (nSPS) is 18.5. The lowest BCUT2D eigenvalue weighted by Gasteiger charge is -2.15. The van der Waals surface area contributed by atoms with Crippen LogP contribution in [0, 0.1) is 5.92 Å². The van der Waals surface area contributed by atoms with Crippen LogP contribution in [-0.4, -0.2) is 62.6 Å². The molecule has 1 saturated heterocycles. The van der Waals surface area contributed by atoms with Gasteiger partial charge in [-0.05, 0) is 6.92 Å². The van der Waals surface area contributed by atoms with Gasteiger partial charge < -0.3 is 19.7 Å². The van der Waals surface area contributed by atoms with Gasteiger partial charge >= 0.3 is 5.97 Å². The Morgan fingerprint density at radius 3 is 2.84 bits per heavy atom. The van der Waals surface area contributed by atoms with Gasteiger partial charge in [-0.1, -0.05) is 0 Å². The molecule has 7 nitrogen and oxygen atoms in total. The van der Waals surface area contributed by atoms with Crippen molar-refractivity contribution < 1.29 is 23.9 Å². The highest BCUT2D eigenvalue weighted by molar-refractivity contribution is 5.90. The first kappa shape index (κ1) is 15.4. The predicted molar refractivity (Wildman–Crippen MR) is 66.2 cm³/mol. The minimum atomic E-state index is -0.476. The summed E-state index contributed by atoms with van der Waals surface area (Å²) >= 11 is 0. The van der Waals surface area contributed by atoms with Crippen molar-refractivity contribution in [2.75, 3.05) is 40.0 Å². The van der Waals surface area contributed by atoms with Crippen LogP contribution >= 0.6 is 0 Å². The van der Waals surface area contributed by atoms with Gasteiger partial charge in [-0.15, -0.1) is 0 Å². The van der Waals surface area contributed by atoms with E-state index in [1.807, 2.05) is 0 Å². The van der Waals surface area contributed by atoms with E-state index in [1.54, 1.807) is 18.9 Å². The highest BCUT2D eigenvalue weighted by atomic mass is 16.5. The molecule has 0 aromatic heterocycles.